The average molecular weight is 322 g/mol. The number of thiophene rings is 1. The Kier molecular flexibility index (Phi) is 5.03. The summed E-state index contributed by atoms with van der Waals surface area (Å²) in [5, 5.41) is 14.5. The zero-order valence-corrected chi connectivity index (χ0v) is 14.4. The topological polar surface area (TPSA) is 37.8 Å². The molecule has 3 nitrogen and oxygen atoms in total. The largest absolute Gasteiger partial charge is 0.316 e. The van der Waals surface area contributed by atoms with E-state index < -0.39 is 0 Å². The molecular formula is C16H23N3S2. The van der Waals surface area contributed by atoms with Crippen LogP contribution in [0.25, 0.3) is 9.88 Å². The Morgan fingerprint density at radius 3 is 2.95 bits per heavy atom. The lowest BCUT2D eigenvalue weighted by molar-refractivity contribution is 0.542. The van der Waals surface area contributed by atoms with Crippen LogP contribution in [0, 0.1) is 5.92 Å². The molecule has 0 fully saturated rings. The first-order valence-corrected chi connectivity index (χ1v) is 9.50. The van der Waals surface area contributed by atoms with Gasteiger partial charge in [-0.25, -0.2) is 0 Å². The third-order valence-electron chi connectivity index (χ3n) is 3.72. The molecule has 5 heteroatoms. The van der Waals surface area contributed by atoms with Crippen molar-refractivity contribution in [2.45, 2.75) is 46.0 Å². The Labute approximate surface area is 134 Å². The van der Waals surface area contributed by atoms with Gasteiger partial charge in [-0.15, -0.1) is 21.5 Å². The zero-order chi connectivity index (χ0) is 14.7. The van der Waals surface area contributed by atoms with E-state index in [4.69, 9.17) is 0 Å². The third-order valence-corrected chi connectivity index (χ3v) is 6.11. The maximum atomic E-state index is 4.38. The first-order valence-electron chi connectivity index (χ1n) is 7.87. The second-order valence-electron chi connectivity index (χ2n) is 6.12. The van der Waals surface area contributed by atoms with E-state index in [1.807, 2.05) is 11.3 Å². The van der Waals surface area contributed by atoms with Gasteiger partial charge in [0, 0.05) is 11.3 Å². The summed E-state index contributed by atoms with van der Waals surface area (Å²) in [6, 6.07) is 2.33. The predicted octanol–water partition coefficient (Wildman–Crippen LogP) is 3.93. The quantitative estimate of drug-likeness (QED) is 0.785. The number of aryl methyl sites for hydroxylation is 3. The van der Waals surface area contributed by atoms with Crippen LogP contribution in [0.3, 0.4) is 0 Å². The summed E-state index contributed by atoms with van der Waals surface area (Å²) < 4.78 is 0. The Morgan fingerprint density at radius 1 is 1.24 bits per heavy atom. The highest BCUT2D eigenvalue weighted by molar-refractivity contribution is 7.21. The number of fused-ring (bicyclic) bond motifs is 1. The number of nitrogens with one attached hydrogen (secondary N) is 1. The van der Waals surface area contributed by atoms with Crippen molar-refractivity contribution >= 4 is 22.7 Å². The highest BCUT2D eigenvalue weighted by atomic mass is 32.1. The lowest BCUT2D eigenvalue weighted by Gasteiger charge is -2.05. The predicted molar refractivity (Wildman–Crippen MR) is 91.3 cm³/mol. The molecule has 0 saturated carbocycles. The number of rotatable bonds is 7. The number of nitrogens with zero attached hydrogens (tertiary/aromatic N) is 2. The van der Waals surface area contributed by atoms with Crippen LogP contribution in [0.15, 0.2) is 6.07 Å². The normalized spacial score (nSPS) is 14.0. The molecule has 0 bridgehead atoms. The van der Waals surface area contributed by atoms with Gasteiger partial charge < -0.3 is 5.32 Å². The van der Waals surface area contributed by atoms with Crippen molar-refractivity contribution in [3.8, 4) is 9.88 Å². The van der Waals surface area contributed by atoms with E-state index in [1.165, 1.54) is 29.1 Å². The molecule has 1 aliphatic carbocycles. The Hall–Kier alpha value is -0.780. The molecule has 21 heavy (non-hydrogen) atoms. The van der Waals surface area contributed by atoms with E-state index in [0.29, 0.717) is 0 Å². The van der Waals surface area contributed by atoms with Gasteiger partial charge in [0.15, 0.2) is 5.01 Å². The molecular weight excluding hydrogens is 298 g/mol. The van der Waals surface area contributed by atoms with E-state index in [0.717, 1.165) is 36.9 Å². The van der Waals surface area contributed by atoms with Crippen molar-refractivity contribution in [2.75, 3.05) is 13.1 Å². The van der Waals surface area contributed by atoms with E-state index >= 15 is 0 Å². The highest BCUT2D eigenvalue weighted by Gasteiger charge is 2.17. The maximum Gasteiger partial charge on any atom is 0.157 e. The van der Waals surface area contributed by atoms with Crippen molar-refractivity contribution in [1.82, 2.24) is 15.5 Å². The second kappa shape index (κ2) is 6.99. The Bertz CT molecular complexity index is 565. The van der Waals surface area contributed by atoms with Gasteiger partial charge in [-0.05, 0) is 56.3 Å². The van der Waals surface area contributed by atoms with Crippen LogP contribution in [0.1, 0.15) is 42.1 Å². The summed E-state index contributed by atoms with van der Waals surface area (Å²) in [5.74, 6) is 0.721. The standard InChI is InChI=1S/C16H23N3S2/c1-11(2)10-17-8-4-7-15-18-19-16(21-15)14-9-12-5-3-6-13(12)20-14/h9,11,17H,3-8,10H2,1-2H3. The lowest BCUT2D eigenvalue weighted by Crippen LogP contribution is -2.21. The van der Waals surface area contributed by atoms with Crippen LogP contribution in [0.5, 0.6) is 0 Å². The number of hydrogen-bond acceptors (Lipinski definition) is 5. The minimum Gasteiger partial charge on any atom is -0.316 e. The van der Waals surface area contributed by atoms with E-state index in [-0.39, 0.29) is 0 Å². The average Bonchev–Trinajstić information content (AvgIpc) is 3.12. The summed E-state index contributed by atoms with van der Waals surface area (Å²) in [7, 11) is 0. The first-order chi connectivity index (χ1) is 10.2. The van der Waals surface area contributed by atoms with Crippen molar-refractivity contribution in [3.63, 3.8) is 0 Å². The molecule has 1 aliphatic rings. The van der Waals surface area contributed by atoms with Crippen molar-refractivity contribution < 1.29 is 0 Å². The molecule has 0 atom stereocenters. The van der Waals surface area contributed by atoms with Crippen molar-refractivity contribution in [2.24, 2.45) is 5.92 Å². The van der Waals surface area contributed by atoms with E-state index in [1.54, 1.807) is 21.8 Å². The van der Waals surface area contributed by atoms with Gasteiger partial charge in [0.2, 0.25) is 0 Å². The van der Waals surface area contributed by atoms with Crippen molar-refractivity contribution in [3.05, 3.63) is 21.5 Å². The first kappa shape index (κ1) is 15.1. The molecule has 0 unspecified atom stereocenters. The molecule has 1 N–H and O–H groups in total. The number of hydrogen-bond donors (Lipinski definition) is 1. The van der Waals surface area contributed by atoms with Gasteiger partial charge in [0.25, 0.3) is 0 Å². The minimum atomic E-state index is 0.721. The molecule has 2 heterocycles. The Morgan fingerprint density at radius 2 is 2.14 bits per heavy atom. The molecule has 2 aromatic rings. The molecule has 0 aromatic carbocycles. The van der Waals surface area contributed by atoms with E-state index in [2.05, 4.69) is 35.4 Å². The van der Waals surface area contributed by atoms with Crippen molar-refractivity contribution in [1.29, 1.82) is 0 Å². The van der Waals surface area contributed by atoms with Crippen LogP contribution in [-0.4, -0.2) is 23.3 Å². The molecule has 114 valence electrons. The summed E-state index contributed by atoms with van der Waals surface area (Å²) >= 11 is 3.69. The highest BCUT2D eigenvalue weighted by Crippen LogP contribution is 2.37. The number of aromatic nitrogens is 2. The molecule has 0 amide bonds. The molecule has 0 radical (unpaired) electrons. The van der Waals surface area contributed by atoms with Gasteiger partial charge in [0.1, 0.15) is 5.01 Å². The molecule has 0 saturated heterocycles. The monoisotopic (exact) mass is 321 g/mol. The summed E-state index contributed by atoms with van der Waals surface area (Å²) in [6.07, 6.45) is 6.01. The smallest absolute Gasteiger partial charge is 0.157 e. The molecule has 2 aromatic heterocycles. The summed E-state index contributed by atoms with van der Waals surface area (Å²) in [4.78, 5) is 2.89. The van der Waals surface area contributed by atoms with Crippen LogP contribution in [-0.2, 0) is 19.3 Å². The lowest BCUT2D eigenvalue weighted by atomic mass is 10.2. The summed E-state index contributed by atoms with van der Waals surface area (Å²) in [6.45, 7) is 6.65. The summed E-state index contributed by atoms with van der Waals surface area (Å²) in [5.41, 5.74) is 1.55. The second-order valence-corrected chi connectivity index (χ2v) is 8.31. The van der Waals surface area contributed by atoms with Gasteiger partial charge in [-0.1, -0.05) is 25.2 Å². The zero-order valence-electron chi connectivity index (χ0n) is 12.8. The van der Waals surface area contributed by atoms with Crippen LogP contribution < -0.4 is 5.32 Å². The van der Waals surface area contributed by atoms with Gasteiger partial charge in [-0.3, -0.25) is 0 Å². The fraction of sp³-hybridized carbons (Fsp3) is 0.625. The van der Waals surface area contributed by atoms with Crippen LogP contribution in [0.4, 0.5) is 0 Å². The van der Waals surface area contributed by atoms with Crippen LogP contribution >= 0.6 is 22.7 Å². The fourth-order valence-electron chi connectivity index (χ4n) is 2.64. The Balaban J connectivity index is 1.51. The molecule has 0 aliphatic heterocycles. The van der Waals surface area contributed by atoms with Gasteiger partial charge in [0.05, 0.1) is 4.88 Å². The third kappa shape index (κ3) is 3.90. The minimum absolute atomic E-state index is 0.721. The molecule has 3 rings (SSSR count). The SMILES string of the molecule is CC(C)CNCCCc1nnc(-c2cc3c(s2)CCC3)s1. The maximum absolute atomic E-state index is 4.38. The molecule has 0 spiro atoms. The van der Waals surface area contributed by atoms with Crippen LogP contribution in [0.2, 0.25) is 0 Å². The van der Waals surface area contributed by atoms with E-state index in [9.17, 15) is 0 Å². The van der Waals surface area contributed by atoms with Gasteiger partial charge >= 0.3 is 0 Å². The van der Waals surface area contributed by atoms with Gasteiger partial charge in [-0.2, -0.15) is 0 Å². The fourth-order valence-corrected chi connectivity index (χ4v) is 4.82.